The van der Waals surface area contributed by atoms with Crippen molar-refractivity contribution in [3.05, 3.63) is 0 Å². The van der Waals surface area contributed by atoms with Crippen molar-refractivity contribution >= 4 is 11.8 Å². The summed E-state index contributed by atoms with van der Waals surface area (Å²) in [6.45, 7) is 6.88. The van der Waals surface area contributed by atoms with E-state index in [0.29, 0.717) is 13.1 Å². The summed E-state index contributed by atoms with van der Waals surface area (Å²) in [7, 11) is 0. The molecule has 0 aromatic rings. The first kappa shape index (κ1) is 14.4. The molecule has 0 aromatic heterocycles. The molecule has 0 atom stereocenters. The summed E-state index contributed by atoms with van der Waals surface area (Å²) in [4.78, 5) is 24.3. The molecule has 0 aliphatic heterocycles. The Balaban J connectivity index is 3.73. The summed E-state index contributed by atoms with van der Waals surface area (Å²) in [5, 5.41) is 12.9. The third-order valence-electron chi connectivity index (χ3n) is 2.14. The molecular weight excluding hydrogens is 208 g/mol. The number of carbonyl (C=O) groups is 2. The van der Waals surface area contributed by atoms with Crippen LogP contribution in [-0.4, -0.2) is 49.4 Å². The lowest BCUT2D eigenvalue weighted by molar-refractivity contribution is -0.139. The number of nitrogens with zero attached hydrogens (tertiary/aromatic N) is 2. The molecule has 2 amide bonds. The molecule has 2 N–H and O–H groups in total. The summed E-state index contributed by atoms with van der Waals surface area (Å²) >= 11 is 0. The van der Waals surface area contributed by atoms with E-state index in [1.54, 1.807) is 6.07 Å². The smallest absolute Gasteiger partial charge is 0.310 e. The Hall–Kier alpha value is -1.61. The van der Waals surface area contributed by atoms with E-state index in [2.05, 4.69) is 15.5 Å². The fraction of sp³-hybridized carbons (Fsp3) is 0.700. The molecule has 0 unspecified atom stereocenters. The molecule has 0 heterocycles. The first-order chi connectivity index (χ1) is 7.65. The van der Waals surface area contributed by atoms with E-state index in [9.17, 15) is 9.59 Å². The molecule has 90 valence electrons. The molecule has 16 heavy (non-hydrogen) atoms. The van der Waals surface area contributed by atoms with Crippen LogP contribution in [0.5, 0.6) is 0 Å². The highest BCUT2D eigenvalue weighted by atomic mass is 16.2. The second-order valence-electron chi connectivity index (χ2n) is 3.12. The fourth-order valence-corrected chi connectivity index (χ4v) is 1.15. The number of amides is 2. The van der Waals surface area contributed by atoms with Gasteiger partial charge in [-0.25, -0.2) is 0 Å². The second kappa shape index (κ2) is 8.68. The zero-order valence-corrected chi connectivity index (χ0v) is 9.75. The quantitative estimate of drug-likeness (QED) is 0.453. The standard InChI is InChI=1S/C10H18N4O2/c1-3-14(4-2)8-7-13-10(16)9(15)12-6-5-11/h3-4,6-8H2,1-2H3,(H,12,15)(H,13,16). The lowest BCUT2D eigenvalue weighted by Crippen LogP contribution is -2.43. The van der Waals surface area contributed by atoms with Gasteiger partial charge in [0.2, 0.25) is 0 Å². The summed E-state index contributed by atoms with van der Waals surface area (Å²) in [5.41, 5.74) is 0. The molecule has 0 aromatic carbocycles. The van der Waals surface area contributed by atoms with Crippen molar-refractivity contribution in [1.82, 2.24) is 15.5 Å². The van der Waals surface area contributed by atoms with Gasteiger partial charge in [0.1, 0.15) is 6.54 Å². The van der Waals surface area contributed by atoms with Gasteiger partial charge in [-0.3, -0.25) is 9.59 Å². The third-order valence-corrected chi connectivity index (χ3v) is 2.14. The molecule has 0 aliphatic rings. The summed E-state index contributed by atoms with van der Waals surface area (Å²) in [6, 6.07) is 1.73. The number of nitrogens with one attached hydrogen (secondary N) is 2. The van der Waals surface area contributed by atoms with Crippen molar-refractivity contribution in [2.75, 3.05) is 32.7 Å². The van der Waals surface area contributed by atoms with Crippen LogP contribution in [0.3, 0.4) is 0 Å². The topological polar surface area (TPSA) is 85.2 Å². The number of likely N-dealkylation sites (N-methyl/N-ethyl adjacent to an activating group) is 1. The maximum atomic E-state index is 11.2. The Kier molecular flexibility index (Phi) is 7.81. The highest BCUT2D eigenvalue weighted by molar-refractivity contribution is 6.35. The zero-order chi connectivity index (χ0) is 12.4. The van der Waals surface area contributed by atoms with Crippen LogP contribution in [0.1, 0.15) is 13.8 Å². The minimum Gasteiger partial charge on any atom is -0.347 e. The molecule has 0 saturated carbocycles. The molecule has 0 spiro atoms. The van der Waals surface area contributed by atoms with Crippen molar-refractivity contribution in [2.24, 2.45) is 0 Å². The molecule has 6 nitrogen and oxygen atoms in total. The minimum atomic E-state index is -0.763. The molecule has 0 radical (unpaired) electrons. The number of rotatable bonds is 6. The molecule has 0 aliphatic carbocycles. The second-order valence-corrected chi connectivity index (χ2v) is 3.12. The zero-order valence-electron chi connectivity index (χ0n) is 9.75. The Morgan fingerprint density at radius 3 is 2.25 bits per heavy atom. The van der Waals surface area contributed by atoms with Gasteiger partial charge in [0.25, 0.3) is 0 Å². The average Bonchev–Trinajstić information content (AvgIpc) is 2.31. The van der Waals surface area contributed by atoms with Crippen molar-refractivity contribution in [1.29, 1.82) is 5.26 Å². The Bertz CT molecular complexity index is 268. The van der Waals surface area contributed by atoms with Gasteiger partial charge in [0.15, 0.2) is 0 Å². The van der Waals surface area contributed by atoms with E-state index in [1.807, 2.05) is 13.8 Å². The van der Waals surface area contributed by atoms with E-state index in [4.69, 9.17) is 5.26 Å². The molecule has 0 saturated heterocycles. The monoisotopic (exact) mass is 226 g/mol. The number of hydrogen-bond donors (Lipinski definition) is 2. The lowest BCUT2D eigenvalue weighted by atomic mass is 10.4. The minimum absolute atomic E-state index is 0.150. The SMILES string of the molecule is CCN(CC)CCNC(=O)C(=O)NCC#N. The predicted octanol–water partition coefficient (Wildman–Crippen LogP) is -0.916. The van der Waals surface area contributed by atoms with Crippen LogP contribution < -0.4 is 10.6 Å². The van der Waals surface area contributed by atoms with E-state index < -0.39 is 11.8 Å². The van der Waals surface area contributed by atoms with Gasteiger partial charge in [-0.05, 0) is 13.1 Å². The highest BCUT2D eigenvalue weighted by Crippen LogP contribution is 1.83. The molecular formula is C10H18N4O2. The molecule has 0 bridgehead atoms. The van der Waals surface area contributed by atoms with Crippen LogP contribution in [0.15, 0.2) is 0 Å². The van der Waals surface area contributed by atoms with Crippen LogP contribution in [0.25, 0.3) is 0 Å². The van der Waals surface area contributed by atoms with Crippen LogP contribution in [0.4, 0.5) is 0 Å². The normalized spacial score (nSPS) is 9.62. The van der Waals surface area contributed by atoms with Gasteiger partial charge in [0, 0.05) is 13.1 Å². The van der Waals surface area contributed by atoms with E-state index in [0.717, 1.165) is 13.1 Å². The fourth-order valence-electron chi connectivity index (χ4n) is 1.15. The largest absolute Gasteiger partial charge is 0.347 e. The van der Waals surface area contributed by atoms with Crippen LogP contribution >= 0.6 is 0 Å². The van der Waals surface area contributed by atoms with E-state index in [1.165, 1.54) is 0 Å². The Morgan fingerprint density at radius 1 is 1.19 bits per heavy atom. The van der Waals surface area contributed by atoms with Crippen LogP contribution in [0.2, 0.25) is 0 Å². The maximum Gasteiger partial charge on any atom is 0.310 e. The predicted molar refractivity (Wildman–Crippen MR) is 59.4 cm³/mol. The van der Waals surface area contributed by atoms with Crippen molar-refractivity contribution < 1.29 is 9.59 Å². The number of hydrogen-bond acceptors (Lipinski definition) is 4. The average molecular weight is 226 g/mol. The van der Waals surface area contributed by atoms with E-state index >= 15 is 0 Å². The number of carbonyl (C=O) groups excluding carboxylic acids is 2. The van der Waals surface area contributed by atoms with Crippen molar-refractivity contribution in [2.45, 2.75) is 13.8 Å². The Morgan fingerprint density at radius 2 is 1.75 bits per heavy atom. The molecule has 0 rings (SSSR count). The third kappa shape index (κ3) is 5.98. The lowest BCUT2D eigenvalue weighted by Gasteiger charge is -2.17. The first-order valence-electron chi connectivity index (χ1n) is 5.31. The van der Waals surface area contributed by atoms with Gasteiger partial charge in [-0.15, -0.1) is 0 Å². The Labute approximate surface area is 95.6 Å². The first-order valence-corrected chi connectivity index (χ1v) is 5.31. The van der Waals surface area contributed by atoms with Crippen molar-refractivity contribution in [3.8, 4) is 6.07 Å². The van der Waals surface area contributed by atoms with Crippen molar-refractivity contribution in [3.63, 3.8) is 0 Å². The van der Waals surface area contributed by atoms with Gasteiger partial charge in [0.05, 0.1) is 6.07 Å². The highest BCUT2D eigenvalue weighted by Gasteiger charge is 2.11. The summed E-state index contributed by atoms with van der Waals surface area (Å²) in [5.74, 6) is -1.46. The van der Waals surface area contributed by atoms with Gasteiger partial charge in [-0.1, -0.05) is 13.8 Å². The number of nitriles is 1. The van der Waals surface area contributed by atoms with Gasteiger partial charge < -0.3 is 15.5 Å². The summed E-state index contributed by atoms with van der Waals surface area (Å²) in [6.07, 6.45) is 0. The molecule has 0 fully saturated rings. The van der Waals surface area contributed by atoms with Gasteiger partial charge >= 0.3 is 11.8 Å². The van der Waals surface area contributed by atoms with Crippen LogP contribution in [-0.2, 0) is 9.59 Å². The van der Waals surface area contributed by atoms with Crippen LogP contribution in [0, 0.1) is 11.3 Å². The molecule has 6 heteroatoms. The van der Waals surface area contributed by atoms with E-state index in [-0.39, 0.29) is 6.54 Å². The summed E-state index contributed by atoms with van der Waals surface area (Å²) < 4.78 is 0. The van der Waals surface area contributed by atoms with Gasteiger partial charge in [-0.2, -0.15) is 5.26 Å². The maximum absolute atomic E-state index is 11.2.